The van der Waals surface area contributed by atoms with Crippen molar-refractivity contribution in [1.82, 2.24) is 9.97 Å². The highest BCUT2D eigenvalue weighted by Crippen LogP contribution is 2.38. The van der Waals surface area contributed by atoms with Crippen LogP contribution >= 0.6 is 0 Å². The third kappa shape index (κ3) is 2.01. The Kier molecular flexibility index (Phi) is 2.96. The van der Waals surface area contributed by atoms with Crippen molar-refractivity contribution in [2.75, 3.05) is 11.1 Å². The van der Waals surface area contributed by atoms with Crippen LogP contribution in [0.15, 0.2) is 40.5 Å². The Morgan fingerprint density at radius 3 is 2.82 bits per heavy atom. The van der Waals surface area contributed by atoms with E-state index in [1.807, 2.05) is 6.07 Å². The van der Waals surface area contributed by atoms with E-state index in [9.17, 15) is 15.2 Å². The second-order valence-electron chi connectivity index (χ2n) is 4.81. The van der Waals surface area contributed by atoms with Crippen LogP contribution in [0, 0.1) is 11.3 Å². The monoisotopic (exact) mass is 296 g/mol. The minimum absolute atomic E-state index is 0.0216. The molecule has 1 unspecified atom stereocenters. The van der Waals surface area contributed by atoms with Crippen molar-refractivity contribution in [3.8, 4) is 11.8 Å². The number of rotatable bonds is 1. The number of aromatic amines is 1. The van der Waals surface area contributed by atoms with Gasteiger partial charge in [-0.05, 0) is 17.7 Å². The molecule has 1 aromatic carbocycles. The number of anilines is 2. The fourth-order valence-electron chi connectivity index (χ4n) is 2.52. The molecule has 7 N–H and O–H groups in total. The minimum atomic E-state index is -0.731. The lowest BCUT2D eigenvalue weighted by Crippen LogP contribution is -2.30. The van der Waals surface area contributed by atoms with E-state index in [2.05, 4.69) is 15.3 Å². The Morgan fingerprint density at radius 1 is 1.36 bits per heavy atom. The van der Waals surface area contributed by atoms with E-state index in [-0.39, 0.29) is 34.5 Å². The maximum Gasteiger partial charge on any atom is 0.258 e. The summed E-state index contributed by atoms with van der Waals surface area (Å²) in [4.78, 5) is 18.7. The maximum atomic E-state index is 12.3. The van der Waals surface area contributed by atoms with E-state index >= 15 is 0 Å². The van der Waals surface area contributed by atoms with Gasteiger partial charge in [0, 0.05) is 0 Å². The summed E-state index contributed by atoms with van der Waals surface area (Å²) < 4.78 is 0. The maximum absolute atomic E-state index is 12.3. The smallest absolute Gasteiger partial charge is 0.258 e. The molecule has 0 saturated heterocycles. The molecule has 2 aromatic rings. The first-order valence-corrected chi connectivity index (χ1v) is 6.36. The number of fused-ring (bicyclic) bond motifs is 1. The normalized spacial score (nSPS) is 16.6. The summed E-state index contributed by atoms with van der Waals surface area (Å²) in [5.74, 6) is -0.468. The Labute approximate surface area is 124 Å². The number of nitrogens with zero attached hydrogens (tertiary/aromatic N) is 2. The van der Waals surface area contributed by atoms with Crippen LogP contribution in [-0.4, -0.2) is 15.1 Å². The molecule has 1 aliphatic rings. The molecular formula is C14H12N6O2. The largest absolute Gasteiger partial charge is 0.508 e. The number of nitrogens with one attached hydrogen (secondary N) is 2. The van der Waals surface area contributed by atoms with Crippen LogP contribution in [0.4, 0.5) is 11.8 Å². The lowest BCUT2D eigenvalue weighted by Gasteiger charge is -2.25. The molecule has 0 fully saturated rings. The van der Waals surface area contributed by atoms with Crippen molar-refractivity contribution in [1.29, 1.82) is 5.26 Å². The number of hydrogen-bond acceptors (Lipinski definition) is 7. The first kappa shape index (κ1) is 13.5. The molecule has 22 heavy (non-hydrogen) atoms. The number of nitrogen functional groups attached to an aromatic ring is 1. The summed E-state index contributed by atoms with van der Waals surface area (Å²) >= 11 is 0. The van der Waals surface area contributed by atoms with Crippen molar-refractivity contribution in [3.63, 3.8) is 0 Å². The van der Waals surface area contributed by atoms with Crippen molar-refractivity contribution in [3.05, 3.63) is 57.1 Å². The highest BCUT2D eigenvalue weighted by atomic mass is 16.3. The van der Waals surface area contributed by atoms with E-state index < -0.39 is 11.5 Å². The van der Waals surface area contributed by atoms with Gasteiger partial charge in [-0.2, -0.15) is 10.2 Å². The van der Waals surface area contributed by atoms with Crippen LogP contribution in [0.2, 0.25) is 0 Å². The average molecular weight is 296 g/mol. The van der Waals surface area contributed by atoms with Crippen LogP contribution < -0.4 is 22.3 Å². The van der Waals surface area contributed by atoms with Crippen LogP contribution in [0.3, 0.4) is 0 Å². The summed E-state index contributed by atoms with van der Waals surface area (Å²) in [5.41, 5.74) is 11.9. The van der Waals surface area contributed by atoms with Gasteiger partial charge in [0.1, 0.15) is 17.4 Å². The van der Waals surface area contributed by atoms with Crippen LogP contribution in [0.25, 0.3) is 0 Å². The number of benzene rings is 1. The highest BCUT2D eigenvalue weighted by molar-refractivity contribution is 5.64. The summed E-state index contributed by atoms with van der Waals surface area (Å²) in [7, 11) is 0. The van der Waals surface area contributed by atoms with Gasteiger partial charge >= 0.3 is 0 Å². The quantitative estimate of drug-likeness (QED) is 0.507. The molecular weight excluding hydrogens is 284 g/mol. The van der Waals surface area contributed by atoms with Gasteiger partial charge < -0.3 is 21.9 Å². The Hall–Kier alpha value is -3.47. The number of nitriles is 1. The number of nitrogens with two attached hydrogens (primary N) is 2. The predicted octanol–water partition coefficient (Wildman–Crippen LogP) is 0.309. The minimum Gasteiger partial charge on any atom is -0.508 e. The van der Waals surface area contributed by atoms with Gasteiger partial charge in [0.15, 0.2) is 0 Å². The molecule has 1 atom stereocenters. The fourth-order valence-corrected chi connectivity index (χ4v) is 2.52. The number of aromatic hydroxyl groups is 1. The molecule has 8 nitrogen and oxygen atoms in total. The first-order chi connectivity index (χ1) is 10.5. The molecule has 0 aliphatic carbocycles. The number of phenols is 1. The number of H-pyrrole nitrogens is 1. The number of aromatic nitrogens is 2. The molecule has 0 amide bonds. The summed E-state index contributed by atoms with van der Waals surface area (Å²) in [6.07, 6.45) is 0. The topological polar surface area (TPSA) is 154 Å². The van der Waals surface area contributed by atoms with Crippen LogP contribution in [0.5, 0.6) is 5.75 Å². The molecule has 2 heterocycles. The first-order valence-electron chi connectivity index (χ1n) is 6.36. The molecule has 0 spiro atoms. The van der Waals surface area contributed by atoms with E-state index in [1.54, 1.807) is 12.1 Å². The van der Waals surface area contributed by atoms with Gasteiger partial charge in [0.2, 0.25) is 5.95 Å². The number of allylic oxidation sites excluding steroid dienone is 1. The second kappa shape index (κ2) is 4.82. The van der Waals surface area contributed by atoms with Crippen molar-refractivity contribution in [2.45, 2.75) is 5.92 Å². The molecule has 1 aliphatic heterocycles. The van der Waals surface area contributed by atoms with Crippen molar-refractivity contribution in [2.24, 2.45) is 5.73 Å². The highest BCUT2D eigenvalue weighted by Gasteiger charge is 2.32. The van der Waals surface area contributed by atoms with Gasteiger partial charge in [-0.3, -0.25) is 9.78 Å². The van der Waals surface area contributed by atoms with Crippen molar-refractivity contribution >= 4 is 11.8 Å². The van der Waals surface area contributed by atoms with E-state index in [4.69, 9.17) is 11.5 Å². The van der Waals surface area contributed by atoms with E-state index in [0.29, 0.717) is 5.56 Å². The summed E-state index contributed by atoms with van der Waals surface area (Å²) in [5, 5.41) is 21.8. The molecule has 0 radical (unpaired) electrons. The molecule has 8 heteroatoms. The Balaban J connectivity index is 2.32. The molecule has 0 saturated carbocycles. The van der Waals surface area contributed by atoms with Gasteiger partial charge in [-0.15, -0.1) is 0 Å². The molecule has 1 aromatic heterocycles. The second-order valence-corrected chi connectivity index (χ2v) is 4.81. The SMILES string of the molecule is N#CC1=C(N)Nc2nc(N)[nH]c(=O)c2C1c1cccc(O)c1. The molecule has 3 rings (SSSR count). The predicted molar refractivity (Wildman–Crippen MR) is 79.7 cm³/mol. The lowest BCUT2D eigenvalue weighted by molar-refractivity contribution is 0.474. The number of phenolic OH excluding ortho intramolecular Hbond substituents is 1. The lowest BCUT2D eigenvalue weighted by atomic mass is 9.84. The summed E-state index contributed by atoms with van der Waals surface area (Å²) in [6, 6.07) is 8.29. The van der Waals surface area contributed by atoms with Crippen LogP contribution in [-0.2, 0) is 0 Å². The Morgan fingerprint density at radius 2 is 2.14 bits per heavy atom. The van der Waals surface area contributed by atoms with Crippen LogP contribution in [0.1, 0.15) is 17.0 Å². The van der Waals surface area contributed by atoms with Gasteiger partial charge in [0.05, 0.1) is 23.1 Å². The fraction of sp³-hybridized carbons (Fsp3) is 0.0714. The number of hydrogen-bond donors (Lipinski definition) is 5. The summed E-state index contributed by atoms with van der Waals surface area (Å²) in [6.45, 7) is 0. The Bertz CT molecular complexity index is 893. The van der Waals surface area contributed by atoms with Crippen molar-refractivity contribution < 1.29 is 5.11 Å². The zero-order valence-electron chi connectivity index (χ0n) is 11.3. The molecule has 0 bridgehead atoms. The third-order valence-electron chi connectivity index (χ3n) is 3.42. The zero-order valence-corrected chi connectivity index (χ0v) is 11.3. The van der Waals surface area contributed by atoms with Gasteiger partial charge in [-0.25, -0.2) is 0 Å². The standard InChI is InChI=1S/C14H12N6O2/c15-5-8-9(6-2-1-3-7(21)4-6)10-12(18-11(8)16)19-14(17)20-13(10)22/h1-4,9,21H,16H2,(H4,17,18,19,20,22). The van der Waals surface area contributed by atoms with Gasteiger partial charge in [0.25, 0.3) is 5.56 Å². The van der Waals surface area contributed by atoms with E-state index in [0.717, 1.165) is 0 Å². The van der Waals surface area contributed by atoms with E-state index in [1.165, 1.54) is 12.1 Å². The third-order valence-corrected chi connectivity index (χ3v) is 3.42. The average Bonchev–Trinajstić information content (AvgIpc) is 2.45. The zero-order chi connectivity index (χ0) is 15.9. The van der Waals surface area contributed by atoms with Gasteiger partial charge in [-0.1, -0.05) is 12.1 Å². The molecule has 110 valence electrons.